The minimum Gasteiger partial charge on any atom is -0.371 e. The van der Waals surface area contributed by atoms with Crippen LogP contribution in [0.25, 0.3) is 39.4 Å². The lowest BCUT2D eigenvalue weighted by Gasteiger charge is -2.28. The van der Waals surface area contributed by atoms with Gasteiger partial charge in [0, 0.05) is 58.7 Å². The number of nitrogens with zero attached hydrogens (tertiary/aromatic N) is 4. The van der Waals surface area contributed by atoms with Crippen molar-refractivity contribution in [1.29, 1.82) is 0 Å². The van der Waals surface area contributed by atoms with Gasteiger partial charge in [-0.05, 0) is 158 Å². The molecule has 9 aromatic rings. The summed E-state index contributed by atoms with van der Waals surface area (Å²) in [7, 11) is 4.27. The zero-order valence-electron chi connectivity index (χ0n) is 50.3. The van der Waals surface area contributed by atoms with Gasteiger partial charge in [-0.3, -0.25) is 0 Å². The molecule has 3 heterocycles. The lowest BCUT2D eigenvalue weighted by Crippen LogP contribution is -2.21. The molecule has 406 valence electrons. The van der Waals surface area contributed by atoms with Crippen LogP contribution in [0, 0.1) is 55.4 Å². The topological polar surface area (TPSA) is 59.7 Å². The maximum absolute atomic E-state index is 5.40. The molecular weight excluding hydrogens is 969 g/mol. The maximum Gasteiger partial charge on any atom is 0.136 e. The minimum absolute atomic E-state index is 0.0908. The molecular formula is C71H86N6S. The molecule has 3 aromatic heterocycles. The Labute approximate surface area is 472 Å². The number of benzene rings is 6. The predicted octanol–water partition coefficient (Wildman–Crippen LogP) is 19.8. The van der Waals surface area contributed by atoms with Gasteiger partial charge < -0.3 is 19.8 Å². The van der Waals surface area contributed by atoms with E-state index >= 15 is 0 Å². The molecule has 0 fully saturated rings. The van der Waals surface area contributed by atoms with Crippen LogP contribution in [0.1, 0.15) is 192 Å². The summed E-state index contributed by atoms with van der Waals surface area (Å²) in [5, 5.41) is 10.6. The number of imidazole rings is 2. The average Bonchev–Trinajstić information content (AvgIpc) is 4.18. The largest absolute Gasteiger partial charge is 0.371 e. The summed E-state index contributed by atoms with van der Waals surface area (Å²) >= 11 is 1.85. The number of hydrogen-bond acceptors (Lipinski definition) is 5. The Bertz CT molecular complexity index is 3520. The van der Waals surface area contributed by atoms with Crippen molar-refractivity contribution in [3.05, 3.63) is 215 Å². The molecule has 0 spiro atoms. The average molecular weight is 1060 g/mol. The van der Waals surface area contributed by atoms with E-state index in [0.717, 1.165) is 28.6 Å². The highest BCUT2D eigenvalue weighted by Gasteiger charge is 2.30. The van der Waals surface area contributed by atoms with Gasteiger partial charge in [0.15, 0.2) is 0 Å². The summed E-state index contributed by atoms with van der Waals surface area (Å²) < 4.78 is 4.44. The third kappa shape index (κ3) is 11.7. The molecule has 0 amide bonds. The van der Waals surface area contributed by atoms with Crippen LogP contribution < -0.4 is 10.6 Å². The van der Waals surface area contributed by atoms with E-state index in [2.05, 4.69) is 279 Å². The normalized spacial score (nSPS) is 12.6. The van der Waals surface area contributed by atoms with Crippen LogP contribution in [-0.4, -0.2) is 19.1 Å². The Morgan fingerprint density at radius 2 is 0.885 bits per heavy atom. The van der Waals surface area contributed by atoms with E-state index in [9.17, 15) is 0 Å². The molecule has 2 unspecified atom stereocenters. The van der Waals surface area contributed by atoms with Crippen LogP contribution in [0.15, 0.2) is 122 Å². The van der Waals surface area contributed by atoms with Crippen molar-refractivity contribution in [1.82, 2.24) is 19.1 Å². The first kappa shape index (κ1) is 57.2. The monoisotopic (exact) mass is 1050 g/mol. The fraction of sp³-hybridized carbons (Fsp3) is 0.352. The second kappa shape index (κ2) is 24.0. The quantitative estimate of drug-likeness (QED) is 0.107. The zero-order valence-corrected chi connectivity index (χ0v) is 51.1. The molecule has 0 saturated carbocycles. The molecule has 6 aromatic carbocycles. The van der Waals surface area contributed by atoms with Gasteiger partial charge >= 0.3 is 0 Å². The van der Waals surface area contributed by atoms with Gasteiger partial charge in [-0.1, -0.05) is 182 Å². The number of hydrogen-bond donors (Lipinski definition) is 2. The van der Waals surface area contributed by atoms with Crippen molar-refractivity contribution < 1.29 is 0 Å². The third-order valence-corrected chi connectivity index (χ3v) is 16.7. The highest BCUT2D eigenvalue weighted by atomic mass is 32.1. The number of thiophene rings is 1. The van der Waals surface area contributed by atoms with Crippen LogP contribution in [0.5, 0.6) is 0 Å². The Morgan fingerprint density at radius 1 is 0.487 bits per heavy atom. The summed E-state index contributed by atoms with van der Waals surface area (Å²) in [4.78, 5) is 13.4. The molecule has 2 N–H and O–H groups in total. The van der Waals surface area contributed by atoms with Gasteiger partial charge in [0.1, 0.15) is 23.7 Å². The van der Waals surface area contributed by atoms with Crippen molar-refractivity contribution in [3.8, 4) is 22.5 Å². The number of aromatic nitrogens is 4. The molecule has 6 nitrogen and oxygen atoms in total. The van der Waals surface area contributed by atoms with Crippen LogP contribution in [0.2, 0.25) is 0 Å². The predicted molar refractivity (Wildman–Crippen MR) is 338 cm³/mol. The van der Waals surface area contributed by atoms with E-state index in [-0.39, 0.29) is 12.1 Å². The molecule has 7 heteroatoms. The van der Waals surface area contributed by atoms with Crippen LogP contribution in [0.3, 0.4) is 0 Å². The first-order valence-corrected chi connectivity index (χ1v) is 29.1. The van der Waals surface area contributed by atoms with Gasteiger partial charge in [0.05, 0.1) is 11.4 Å². The van der Waals surface area contributed by atoms with E-state index < -0.39 is 0 Å². The third-order valence-electron chi connectivity index (χ3n) is 15.7. The molecule has 9 rings (SSSR count). The molecule has 78 heavy (non-hydrogen) atoms. The molecule has 0 saturated heterocycles. The number of para-hydroxylation sites is 2. The van der Waals surface area contributed by atoms with Crippen molar-refractivity contribution in [3.63, 3.8) is 0 Å². The lowest BCUT2D eigenvalue weighted by molar-refractivity contribution is 0.733. The number of fused-ring (bicyclic) bond motifs is 1. The van der Waals surface area contributed by atoms with Crippen molar-refractivity contribution in [2.75, 3.05) is 10.6 Å². The van der Waals surface area contributed by atoms with Crippen LogP contribution >= 0.6 is 11.3 Å². The molecule has 0 bridgehead atoms. The zero-order chi connectivity index (χ0) is 56.4. The van der Waals surface area contributed by atoms with E-state index in [1.165, 1.54) is 110 Å². The number of anilines is 2. The Kier molecular flexibility index (Phi) is 17.6. The number of aryl methyl sites for hydroxylation is 10. The van der Waals surface area contributed by atoms with Crippen molar-refractivity contribution in [2.45, 2.75) is 153 Å². The Hall–Kier alpha value is -6.96. The fourth-order valence-electron chi connectivity index (χ4n) is 12.1. The van der Waals surface area contributed by atoms with E-state index in [4.69, 9.17) is 9.97 Å². The molecule has 0 aliphatic heterocycles. The van der Waals surface area contributed by atoms with E-state index in [1.807, 2.05) is 11.3 Å². The van der Waals surface area contributed by atoms with Gasteiger partial charge in [-0.2, -0.15) is 0 Å². The first-order valence-electron chi connectivity index (χ1n) is 28.3. The van der Waals surface area contributed by atoms with E-state index in [0.29, 0.717) is 23.7 Å². The van der Waals surface area contributed by atoms with E-state index in [1.54, 1.807) is 0 Å². The second-order valence-electron chi connectivity index (χ2n) is 23.2. The van der Waals surface area contributed by atoms with Gasteiger partial charge in [0.25, 0.3) is 0 Å². The van der Waals surface area contributed by atoms with Crippen LogP contribution in [0.4, 0.5) is 11.4 Å². The molecule has 0 radical (unpaired) electrons. The molecule has 0 aliphatic rings. The summed E-state index contributed by atoms with van der Waals surface area (Å²) in [6, 6.07) is 37.5. The molecule has 2 atom stereocenters. The Morgan fingerprint density at radius 3 is 1.32 bits per heavy atom. The highest BCUT2D eigenvalue weighted by molar-refractivity contribution is 7.12. The number of nitrogens with one attached hydrogen (secondary N) is 2. The highest BCUT2D eigenvalue weighted by Crippen LogP contribution is 2.43. The number of rotatable bonds is 15. The summed E-state index contributed by atoms with van der Waals surface area (Å²) in [6.45, 7) is 38.1. The smallest absolute Gasteiger partial charge is 0.136 e. The minimum atomic E-state index is -0.100. The molecule has 0 aliphatic carbocycles. The van der Waals surface area contributed by atoms with Crippen LogP contribution in [-0.2, 0) is 14.1 Å². The summed E-state index contributed by atoms with van der Waals surface area (Å²) in [5.41, 5.74) is 23.9. The van der Waals surface area contributed by atoms with Crippen molar-refractivity contribution >= 4 is 39.6 Å². The van der Waals surface area contributed by atoms with Crippen molar-refractivity contribution in [2.24, 2.45) is 14.1 Å². The van der Waals surface area contributed by atoms with Gasteiger partial charge in [0.2, 0.25) is 0 Å². The van der Waals surface area contributed by atoms with Gasteiger partial charge in [-0.25, -0.2) is 9.97 Å². The first-order chi connectivity index (χ1) is 37.1. The lowest BCUT2D eigenvalue weighted by atomic mass is 9.89. The maximum atomic E-state index is 5.40. The standard InChI is InChI=1S/C36H41N3.C35H45N3S/c1-22(2)28-16-12-17-29(23(3)4)34(28)38-35(33-25(6)19-24(5)20-26(33)7)36-37-32(21-39(36)8)31-18-11-14-27-13-9-10-15-30(27)31;1-12-14-29-25(9)39-26(10)32(29)30-19-38(11)35(36-30)34(31-23(7)17-22(6)18-24(31)8)37-33-27(20(2)3)15-13-16-28(33)21(4)5/h9-23,35,38H,1-8H3;12-21,34,37H,1-11H3/b;14-12-. The Balaban J connectivity index is 0.000000206. The summed E-state index contributed by atoms with van der Waals surface area (Å²) in [5.74, 6) is 3.66. The number of allylic oxidation sites excluding steroid dienone is 1. The fourth-order valence-corrected chi connectivity index (χ4v) is 13.2. The second-order valence-corrected chi connectivity index (χ2v) is 24.7. The SMILES string of the molecule is C/C=C\c1c(C)sc(C)c1-c1cn(C)c(C(Nc2c(C(C)C)cccc2C(C)C)c2c(C)cc(C)cc2C)n1.Cc1cc(C)c(C(Nc2c(C(C)C)cccc2C(C)C)c2nc(-c3cccc4ccccc34)cn2C)c(C)c1. The van der Waals surface area contributed by atoms with Gasteiger partial charge in [-0.15, -0.1) is 11.3 Å². The summed E-state index contributed by atoms with van der Waals surface area (Å²) in [6.07, 6.45) is 8.74.